The van der Waals surface area contributed by atoms with Gasteiger partial charge < -0.3 is 34.8 Å². The Balaban J connectivity index is 2.90. The third kappa shape index (κ3) is 16.3. The van der Waals surface area contributed by atoms with Crippen molar-refractivity contribution in [2.45, 2.75) is 121 Å². The molecule has 0 saturated heterocycles. The average molecular weight is 674 g/mol. The predicted octanol–water partition coefficient (Wildman–Crippen LogP) is 5.47. The summed E-state index contributed by atoms with van der Waals surface area (Å²) >= 11 is 0. The van der Waals surface area contributed by atoms with E-state index >= 15 is 0 Å². The molecule has 0 aliphatic heterocycles. The molecule has 268 valence electrons. The first-order valence-electron chi connectivity index (χ1n) is 16.9. The Morgan fingerprint density at radius 1 is 0.938 bits per heavy atom. The molecular formula is C37H55NO10. The Morgan fingerprint density at radius 3 is 2.10 bits per heavy atom. The molecule has 0 aliphatic rings. The lowest BCUT2D eigenvalue weighted by atomic mass is 9.82. The number of carbonyl (C=O) groups is 4. The minimum absolute atomic E-state index is 0.0168. The van der Waals surface area contributed by atoms with Gasteiger partial charge in [0.1, 0.15) is 18.4 Å². The Kier molecular flexibility index (Phi) is 21.3. The lowest BCUT2D eigenvalue weighted by Crippen LogP contribution is -2.55. The van der Waals surface area contributed by atoms with E-state index in [2.05, 4.69) is 24.1 Å². The fraction of sp³-hybridized carbons (Fsp3) is 0.622. The molecule has 1 aromatic rings. The molecule has 11 nitrogen and oxygen atoms in total. The molecule has 0 heterocycles. The number of nitrogens with one attached hydrogen (secondary N) is 1. The molecular weight excluding hydrogens is 618 g/mol. The van der Waals surface area contributed by atoms with Crippen LogP contribution in [0.5, 0.6) is 5.75 Å². The van der Waals surface area contributed by atoms with Crippen molar-refractivity contribution >= 4 is 23.8 Å². The van der Waals surface area contributed by atoms with E-state index in [0.717, 1.165) is 45.6 Å². The molecule has 11 heteroatoms. The van der Waals surface area contributed by atoms with Crippen LogP contribution in [0.15, 0.2) is 36.4 Å². The number of esters is 1. The summed E-state index contributed by atoms with van der Waals surface area (Å²) in [5, 5.41) is 32.7. The third-order valence-electron chi connectivity index (χ3n) is 8.18. The summed E-state index contributed by atoms with van der Waals surface area (Å²) in [6.07, 6.45) is 14.1. The quantitative estimate of drug-likeness (QED) is 0.0428. The average Bonchev–Trinajstić information content (AvgIpc) is 3.06. The van der Waals surface area contributed by atoms with Crippen molar-refractivity contribution in [3.8, 4) is 17.6 Å². The van der Waals surface area contributed by atoms with E-state index in [4.69, 9.17) is 14.2 Å². The van der Waals surface area contributed by atoms with Gasteiger partial charge in [0, 0.05) is 13.5 Å². The highest BCUT2D eigenvalue weighted by Gasteiger charge is 2.49. The minimum atomic E-state index is -2.96. The number of methoxy groups -OCH3 is 2. The zero-order valence-electron chi connectivity index (χ0n) is 29.0. The number of hydrogen-bond acceptors (Lipinski definition) is 8. The molecule has 4 atom stereocenters. The first kappa shape index (κ1) is 42.1. The standard InChI is InChI=1S/C37H55NO10/c1-5-7-9-12-15-18-29(46-3)19-16-13-10-11-14-17-20-31(37(45,36(43)44)27-33(39)40)34(41)38-32(35(42)47-4)26-28-21-23-30(24-22-28)48-25-8-6-2/h17,20-24,29,31-32,45H,5,7,9-16,18-19,25-27H2,1-4H3,(H,38,41)(H,39,40)(H,43,44)/t29?,31-,32+,37+/m1/s1. The van der Waals surface area contributed by atoms with Gasteiger partial charge in [0.2, 0.25) is 5.91 Å². The normalized spacial score (nSPS) is 14.2. The van der Waals surface area contributed by atoms with Crippen LogP contribution in [0.25, 0.3) is 0 Å². The number of rotatable bonds is 26. The van der Waals surface area contributed by atoms with E-state index in [9.17, 15) is 34.5 Å². The highest BCUT2D eigenvalue weighted by molar-refractivity contribution is 5.94. The summed E-state index contributed by atoms with van der Waals surface area (Å²) in [6.45, 7) is 4.11. The number of benzene rings is 1. The molecule has 4 N–H and O–H groups in total. The van der Waals surface area contributed by atoms with Gasteiger partial charge in [-0.15, -0.1) is 5.92 Å². The molecule has 0 spiro atoms. The fourth-order valence-electron chi connectivity index (χ4n) is 5.33. The second-order valence-corrected chi connectivity index (χ2v) is 11.9. The number of unbranched alkanes of at least 4 members (excludes halogenated alkanes) is 8. The maximum atomic E-state index is 13.5. The van der Waals surface area contributed by atoms with E-state index in [1.807, 2.05) is 0 Å². The first-order chi connectivity index (χ1) is 23.0. The molecule has 1 aromatic carbocycles. The molecule has 0 radical (unpaired) electrons. The van der Waals surface area contributed by atoms with Crippen LogP contribution in [0, 0.1) is 17.8 Å². The smallest absolute Gasteiger partial charge is 0.337 e. The van der Waals surface area contributed by atoms with Gasteiger partial charge in [-0.25, -0.2) is 9.59 Å². The maximum absolute atomic E-state index is 13.5. The van der Waals surface area contributed by atoms with Crippen LogP contribution < -0.4 is 10.1 Å². The van der Waals surface area contributed by atoms with Gasteiger partial charge in [0.05, 0.1) is 25.6 Å². The largest absolute Gasteiger partial charge is 0.481 e. The van der Waals surface area contributed by atoms with Crippen molar-refractivity contribution in [3.05, 3.63) is 42.0 Å². The fourth-order valence-corrected chi connectivity index (χ4v) is 5.33. The van der Waals surface area contributed by atoms with E-state index in [-0.39, 0.29) is 19.1 Å². The van der Waals surface area contributed by atoms with Gasteiger partial charge in [-0.1, -0.05) is 88.5 Å². The zero-order valence-corrected chi connectivity index (χ0v) is 29.0. The number of amides is 1. The van der Waals surface area contributed by atoms with Crippen molar-refractivity contribution in [1.82, 2.24) is 5.32 Å². The maximum Gasteiger partial charge on any atom is 0.337 e. The summed E-state index contributed by atoms with van der Waals surface area (Å²) in [5.74, 6) is -1.02. The van der Waals surface area contributed by atoms with Crippen LogP contribution >= 0.6 is 0 Å². The molecule has 1 rings (SSSR count). The molecule has 0 fully saturated rings. The summed E-state index contributed by atoms with van der Waals surface area (Å²) in [5.41, 5.74) is -2.33. The highest BCUT2D eigenvalue weighted by atomic mass is 16.5. The van der Waals surface area contributed by atoms with Crippen LogP contribution in [-0.2, 0) is 35.1 Å². The number of aliphatic carboxylic acids is 2. The van der Waals surface area contributed by atoms with Crippen molar-refractivity contribution in [2.24, 2.45) is 5.92 Å². The van der Waals surface area contributed by atoms with Gasteiger partial charge in [-0.2, -0.15) is 0 Å². The Morgan fingerprint density at radius 2 is 1.56 bits per heavy atom. The van der Waals surface area contributed by atoms with Crippen molar-refractivity contribution in [1.29, 1.82) is 0 Å². The Bertz CT molecular complexity index is 1200. The van der Waals surface area contributed by atoms with Gasteiger partial charge in [0.15, 0.2) is 5.60 Å². The first-order valence-corrected chi connectivity index (χ1v) is 16.9. The Hall–Kier alpha value is -3.88. The molecule has 0 aromatic heterocycles. The number of hydrogen-bond donors (Lipinski definition) is 4. The summed E-state index contributed by atoms with van der Waals surface area (Å²) in [7, 11) is 2.90. The van der Waals surface area contributed by atoms with Crippen molar-refractivity contribution in [2.75, 3.05) is 20.8 Å². The summed E-state index contributed by atoms with van der Waals surface area (Å²) in [6, 6.07) is 5.49. The van der Waals surface area contributed by atoms with E-state index in [1.54, 1.807) is 44.4 Å². The molecule has 0 bridgehead atoms. The molecule has 1 amide bonds. The van der Waals surface area contributed by atoms with Crippen LogP contribution in [0.2, 0.25) is 0 Å². The van der Waals surface area contributed by atoms with E-state index in [0.29, 0.717) is 17.7 Å². The Labute approximate surface area is 285 Å². The minimum Gasteiger partial charge on any atom is -0.481 e. The number of carbonyl (C=O) groups excluding carboxylic acids is 2. The van der Waals surface area contributed by atoms with E-state index < -0.39 is 47.8 Å². The SMILES string of the molecule is CC#CCOc1ccc(C[C@H](NC(=O)[C@@H](C=CCCCCCCC(CCCCCCC)OC)[C@@](O)(CC(=O)O)C(=O)O)C(=O)OC)cc1. The molecule has 0 aliphatic carbocycles. The zero-order chi connectivity index (χ0) is 35.8. The van der Waals surface area contributed by atoms with E-state index in [1.165, 1.54) is 38.2 Å². The second-order valence-electron chi connectivity index (χ2n) is 11.9. The topological polar surface area (TPSA) is 169 Å². The monoisotopic (exact) mass is 673 g/mol. The van der Waals surface area contributed by atoms with Crippen molar-refractivity contribution in [3.63, 3.8) is 0 Å². The number of ether oxygens (including phenoxy) is 3. The molecule has 0 saturated carbocycles. The highest BCUT2D eigenvalue weighted by Crippen LogP contribution is 2.26. The number of allylic oxidation sites excluding steroid dienone is 1. The van der Waals surface area contributed by atoms with Gasteiger partial charge in [0.25, 0.3) is 0 Å². The van der Waals surface area contributed by atoms with Gasteiger partial charge in [-0.3, -0.25) is 9.59 Å². The van der Waals surface area contributed by atoms with Crippen LogP contribution in [-0.4, -0.2) is 77.7 Å². The second kappa shape index (κ2) is 24.3. The van der Waals surface area contributed by atoms with Crippen LogP contribution in [0.3, 0.4) is 0 Å². The van der Waals surface area contributed by atoms with Gasteiger partial charge in [-0.05, 0) is 50.3 Å². The molecule has 1 unspecified atom stereocenters. The number of carboxylic acid groups (broad SMARTS) is 2. The summed E-state index contributed by atoms with van der Waals surface area (Å²) < 4.78 is 16.0. The van der Waals surface area contributed by atoms with Crippen LogP contribution in [0.4, 0.5) is 0 Å². The number of carboxylic acids is 2. The molecule has 48 heavy (non-hydrogen) atoms. The summed E-state index contributed by atoms with van der Waals surface area (Å²) in [4.78, 5) is 49.8. The lowest BCUT2D eigenvalue weighted by Gasteiger charge is -2.29. The van der Waals surface area contributed by atoms with Crippen molar-refractivity contribution < 1.29 is 48.7 Å². The lowest BCUT2D eigenvalue weighted by molar-refractivity contribution is -0.172. The predicted molar refractivity (Wildman–Crippen MR) is 182 cm³/mol. The van der Waals surface area contributed by atoms with Gasteiger partial charge >= 0.3 is 17.9 Å². The number of aliphatic hydroxyl groups is 1. The third-order valence-corrected chi connectivity index (χ3v) is 8.18. The van der Waals surface area contributed by atoms with Crippen LogP contribution in [0.1, 0.15) is 103 Å².